The Kier molecular flexibility index (Phi) is 7.51. The number of likely N-dealkylation sites (tertiary alicyclic amines) is 1. The number of nitrogens with zero attached hydrogens (tertiary/aromatic N) is 2. The number of imide groups is 1. The number of amides is 3. The van der Waals surface area contributed by atoms with E-state index in [1.807, 2.05) is 11.8 Å². The van der Waals surface area contributed by atoms with Crippen LogP contribution < -0.4 is 10.2 Å². The Morgan fingerprint density at radius 3 is 2.49 bits per heavy atom. The summed E-state index contributed by atoms with van der Waals surface area (Å²) in [6.07, 6.45) is 3.71. The Labute approximate surface area is 208 Å². The van der Waals surface area contributed by atoms with Crippen LogP contribution in [0.4, 0.5) is 11.4 Å². The van der Waals surface area contributed by atoms with E-state index in [-0.39, 0.29) is 34.5 Å². The maximum absolute atomic E-state index is 13.3. The van der Waals surface area contributed by atoms with Crippen LogP contribution in [0.2, 0.25) is 0 Å². The van der Waals surface area contributed by atoms with Crippen LogP contribution in [0, 0.1) is 0 Å². The highest BCUT2D eigenvalue weighted by Crippen LogP contribution is 2.32. The summed E-state index contributed by atoms with van der Waals surface area (Å²) in [5.74, 6) is -2.17. The molecule has 2 heterocycles. The molecule has 2 aromatic carbocycles. The third kappa shape index (κ3) is 5.07. The molecule has 1 saturated heterocycles. The molecule has 0 saturated carbocycles. The lowest BCUT2D eigenvalue weighted by Crippen LogP contribution is -2.35. The van der Waals surface area contributed by atoms with E-state index in [1.165, 1.54) is 12.1 Å². The number of halogens is 1. The summed E-state index contributed by atoms with van der Waals surface area (Å²) in [6, 6.07) is 12.9. The van der Waals surface area contributed by atoms with E-state index >= 15 is 0 Å². The van der Waals surface area contributed by atoms with E-state index in [0.717, 1.165) is 37.3 Å². The number of ether oxygens (including phenoxy) is 1. The second-order valence-electron chi connectivity index (χ2n) is 8.35. The molecule has 0 spiro atoms. The predicted molar refractivity (Wildman–Crippen MR) is 132 cm³/mol. The SMILES string of the molecule is CCCOC(=O)c1ccccc1N1C(=O)C(Cl)=C(Nc2cccc(C(=O)N3CCCCC3)c2)C1=O. The number of esters is 1. The second kappa shape index (κ2) is 10.7. The number of nitrogens with one attached hydrogen (secondary N) is 1. The molecule has 2 aromatic rings. The van der Waals surface area contributed by atoms with Crippen LogP contribution in [0.25, 0.3) is 0 Å². The summed E-state index contributed by atoms with van der Waals surface area (Å²) >= 11 is 6.27. The number of carbonyl (C=O) groups is 4. The van der Waals surface area contributed by atoms with Crippen LogP contribution in [0.1, 0.15) is 53.3 Å². The maximum Gasteiger partial charge on any atom is 0.340 e. The zero-order valence-corrected chi connectivity index (χ0v) is 20.1. The quantitative estimate of drug-likeness (QED) is 0.454. The number of rotatable bonds is 7. The fraction of sp³-hybridized carbons (Fsp3) is 0.308. The number of piperidine rings is 1. The number of hydrogen-bond acceptors (Lipinski definition) is 6. The van der Waals surface area contributed by atoms with Gasteiger partial charge in [0.2, 0.25) is 0 Å². The van der Waals surface area contributed by atoms with E-state index in [9.17, 15) is 19.2 Å². The molecule has 0 atom stereocenters. The van der Waals surface area contributed by atoms with Gasteiger partial charge in [0, 0.05) is 24.3 Å². The Morgan fingerprint density at radius 1 is 1.00 bits per heavy atom. The van der Waals surface area contributed by atoms with Gasteiger partial charge >= 0.3 is 5.97 Å². The minimum absolute atomic E-state index is 0.0802. The van der Waals surface area contributed by atoms with Crippen molar-refractivity contribution in [2.75, 3.05) is 29.9 Å². The summed E-state index contributed by atoms with van der Waals surface area (Å²) in [5.41, 5.74) is 0.969. The molecular weight excluding hydrogens is 470 g/mol. The van der Waals surface area contributed by atoms with Crippen molar-refractivity contribution < 1.29 is 23.9 Å². The number of benzene rings is 2. The largest absolute Gasteiger partial charge is 0.462 e. The monoisotopic (exact) mass is 495 g/mol. The lowest BCUT2D eigenvalue weighted by atomic mass is 10.1. The van der Waals surface area contributed by atoms with Crippen LogP contribution in [-0.4, -0.2) is 48.3 Å². The Balaban J connectivity index is 1.57. The summed E-state index contributed by atoms with van der Waals surface area (Å²) in [5, 5.41) is 2.59. The Hall–Kier alpha value is -3.65. The van der Waals surface area contributed by atoms with Crippen molar-refractivity contribution >= 4 is 46.7 Å². The van der Waals surface area contributed by atoms with Crippen molar-refractivity contribution in [1.82, 2.24) is 4.90 Å². The molecule has 35 heavy (non-hydrogen) atoms. The van der Waals surface area contributed by atoms with Crippen LogP contribution in [0.5, 0.6) is 0 Å². The molecule has 2 aliphatic heterocycles. The molecule has 0 aliphatic carbocycles. The van der Waals surface area contributed by atoms with Gasteiger partial charge in [-0.05, 0) is 56.0 Å². The first kappa shape index (κ1) is 24.5. The minimum atomic E-state index is -0.754. The fourth-order valence-corrected chi connectivity index (χ4v) is 4.31. The van der Waals surface area contributed by atoms with Crippen molar-refractivity contribution in [1.29, 1.82) is 0 Å². The average molecular weight is 496 g/mol. The minimum Gasteiger partial charge on any atom is -0.462 e. The zero-order valence-electron chi connectivity index (χ0n) is 19.4. The standard InChI is InChI=1S/C26H26ClN3O5/c1-2-15-35-26(34)19-11-4-5-12-20(19)30-24(32)21(27)22(25(30)33)28-18-10-8-9-17(16-18)23(31)29-13-6-3-7-14-29/h4-5,8-12,16,28H,2-3,6-7,13-15H2,1H3. The molecule has 1 N–H and O–H groups in total. The first-order valence-electron chi connectivity index (χ1n) is 11.6. The average Bonchev–Trinajstić information content (AvgIpc) is 3.10. The number of anilines is 2. The molecule has 9 heteroatoms. The third-order valence-corrected chi connectivity index (χ3v) is 6.20. The van der Waals surface area contributed by atoms with Crippen LogP contribution in [0.3, 0.4) is 0 Å². The molecule has 0 aromatic heterocycles. The fourth-order valence-electron chi connectivity index (χ4n) is 4.10. The normalized spacial score (nSPS) is 16.1. The third-order valence-electron chi connectivity index (χ3n) is 5.85. The van der Waals surface area contributed by atoms with Gasteiger partial charge in [0.05, 0.1) is 17.9 Å². The molecule has 4 rings (SSSR count). The van der Waals surface area contributed by atoms with Gasteiger partial charge in [-0.25, -0.2) is 9.69 Å². The number of hydrogen-bond donors (Lipinski definition) is 1. The van der Waals surface area contributed by atoms with Gasteiger partial charge in [-0.3, -0.25) is 14.4 Å². The van der Waals surface area contributed by atoms with Gasteiger partial charge in [0.15, 0.2) is 0 Å². The Morgan fingerprint density at radius 2 is 1.74 bits per heavy atom. The second-order valence-corrected chi connectivity index (χ2v) is 8.72. The topological polar surface area (TPSA) is 96.0 Å². The lowest BCUT2D eigenvalue weighted by Gasteiger charge is -2.26. The highest BCUT2D eigenvalue weighted by molar-refractivity contribution is 6.53. The first-order chi connectivity index (χ1) is 16.9. The molecule has 8 nitrogen and oxygen atoms in total. The van der Waals surface area contributed by atoms with Crippen LogP contribution >= 0.6 is 11.6 Å². The van der Waals surface area contributed by atoms with E-state index in [2.05, 4.69) is 5.32 Å². The molecule has 1 fully saturated rings. The summed E-state index contributed by atoms with van der Waals surface area (Å²) < 4.78 is 5.20. The van der Waals surface area contributed by atoms with Gasteiger partial charge in [0.25, 0.3) is 17.7 Å². The molecule has 0 unspecified atom stereocenters. The molecule has 0 bridgehead atoms. The summed E-state index contributed by atoms with van der Waals surface area (Å²) in [7, 11) is 0. The van der Waals surface area contributed by atoms with Gasteiger partial charge in [0.1, 0.15) is 10.7 Å². The molecule has 2 aliphatic rings. The van der Waals surface area contributed by atoms with Gasteiger partial charge in [-0.15, -0.1) is 0 Å². The first-order valence-corrected chi connectivity index (χ1v) is 12.0. The van der Waals surface area contributed by atoms with Crippen molar-refractivity contribution in [2.45, 2.75) is 32.6 Å². The summed E-state index contributed by atoms with van der Waals surface area (Å²) in [6.45, 7) is 3.52. The molecule has 0 radical (unpaired) electrons. The van der Waals surface area contributed by atoms with E-state index in [4.69, 9.17) is 16.3 Å². The van der Waals surface area contributed by atoms with Crippen molar-refractivity contribution in [3.05, 3.63) is 70.4 Å². The van der Waals surface area contributed by atoms with Crippen LogP contribution in [0.15, 0.2) is 59.3 Å². The zero-order chi connectivity index (χ0) is 24.9. The highest BCUT2D eigenvalue weighted by Gasteiger charge is 2.40. The van der Waals surface area contributed by atoms with Crippen LogP contribution in [-0.2, 0) is 14.3 Å². The molecule has 3 amide bonds. The van der Waals surface area contributed by atoms with Gasteiger partial charge < -0.3 is 15.0 Å². The van der Waals surface area contributed by atoms with Crippen molar-refractivity contribution in [3.8, 4) is 0 Å². The van der Waals surface area contributed by atoms with Crippen molar-refractivity contribution in [2.24, 2.45) is 0 Å². The predicted octanol–water partition coefficient (Wildman–Crippen LogP) is 4.32. The smallest absolute Gasteiger partial charge is 0.340 e. The number of carbonyl (C=O) groups excluding carboxylic acids is 4. The molecule has 182 valence electrons. The van der Waals surface area contributed by atoms with E-state index in [1.54, 1.807) is 36.4 Å². The molecular formula is C26H26ClN3O5. The number of para-hydroxylation sites is 1. The van der Waals surface area contributed by atoms with E-state index < -0.39 is 17.8 Å². The van der Waals surface area contributed by atoms with E-state index in [0.29, 0.717) is 17.7 Å². The Bertz CT molecular complexity index is 1200. The maximum atomic E-state index is 13.3. The highest BCUT2D eigenvalue weighted by atomic mass is 35.5. The van der Waals surface area contributed by atoms with Gasteiger partial charge in [-0.2, -0.15) is 0 Å². The lowest BCUT2D eigenvalue weighted by molar-refractivity contribution is -0.120. The van der Waals surface area contributed by atoms with Gasteiger partial charge in [-0.1, -0.05) is 36.7 Å². The van der Waals surface area contributed by atoms with Crippen molar-refractivity contribution in [3.63, 3.8) is 0 Å². The summed E-state index contributed by atoms with van der Waals surface area (Å²) in [4.78, 5) is 54.3.